The van der Waals surface area contributed by atoms with Crippen LogP contribution in [-0.2, 0) is 26.9 Å². The number of allylic oxidation sites excluding steroid dienone is 4. The molecular formula is C46H67NO4S. The maximum atomic E-state index is 13.0. The lowest BCUT2D eigenvalue weighted by molar-refractivity contribution is -0.212. The predicted molar refractivity (Wildman–Crippen MR) is 211 cm³/mol. The number of hydrogen-bond acceptors (Lipinski definition) is 5. The van der Waals surface area contributed by atoms with Gasteiger partial charge in [0.25, 0.3) is 0 Å². The minimum Gasteiger partial charge on any atom is -0.461 e. The van der Waals surface area contributed by atoms with Gasteiger partial charge in [-0.2, -0.15) is 0 Å². The number of fused-ring (bicyclic) bond motifs is 7. The average molecular weight is 730 g/mol. The lowest BCUT2D eigenvalue weighted by atomic mass is 9.34. The third kappa shape index (κ3) is 6.25. The van der Waals surface area contributed by atoms with Crippen LogP contribution in [0.25, 0.3) is 0 Å². The zero-order valence-corrected chi connectivity index (χ0v) is 33.5. The second-order valence-corrected chi connectivity index (χ2v) is 21.3. The smallest absolute Gasteiger partial charge is 0.309 e. The molecule has 0 amide bonds. The Kier molecular flexibility index (Phi) is 10.1. The van der Waals surface area contributed by atoms with Gasteiger partial charge in [0.05, 0.1) is 11.5 Å². The molecule has 6 heteroatoms. The van der Waals surface area contributed by atoms with Crippen molar-refractivity contribution in [3.05, 3.63) is 59.2 Å². The molecule has 5 fully saturated rings. The van der Waals surface area contributed by atoms with Crippen LogP contribution in [0.5, 0.6) is 0 Å². The van der Waals surface area contributed by atoms with Gasteiger partial charge in [-0.15, -0.1) is 0 Å². The normalized spacial score (nSPS) is 45.8. The zero-order chi connectivity index (χ0) is 36.4. The van der Waals surface area contributed by atoms with Crippen LogP contribution in [0.2, 0.25) is 0 Å². The Morgan fingerprint density at radius 2 is 1.67 bits per heavy atom. The highest BCUT2D eigenvalue weighted by Crippen LogP contribution is 2.75. The van der Waals surface area contributed by atoms with E-state index in [1.54, 1.807) is 5.57 Å². The van der Waals surface area contributed by atoms with Crippen LogP contribution in [0.3, 0.4) is 0 Å². The SMILES string of the molecule is CC1C(C2=CCC(C(=O)OCc3ccccc3)CC2)=CCC2(C)C1CCC1(C)C2CCC2[C@H]3CCCC3(NCCC3(O)CCS(=O)CC3)CC[C@]21C. The molecule has 1 aromatic carbocycles. The molecule has 0 radical (unpaired) electrons. The number of esters is 1. The maximum Gasteiger partial charge on any atom is 0.309 e. The summed E-state index contributed by atoms with van der Waals surface area (Å²) in [5.74, 6) is 4.83. The minimum absolute atomic E-state index is 0.0240. The number of rotatable bonds is 8. The Balaban J connectivity index is 0.933. The van der Waals surface area contributed by atoms with Crippen molar-refractivity contribution in [2.45, 2.75) is 148 Å². The van der Waals surface area contributed by atoms with E-state index in [2.05, 4.69) is 45.2 Å². The standard InChI is InChI=1S/C46H67NO4S/c1-32-36(34-12-14-35(15-13-34)41(48)51-31-33-9-6-5-7-10-33)18-21-42(2)37(32)19-22-44(4)40(42)17-16-38-39-11-8-20-46(39,24-23-43(38,44)3)47-28-25-45(49)26-29-52(50)30-27-45/h5-7,9-10,12,18,32,35,37-40,47,49H,8,11,13-17,19-31H2,1-4H3/t32?,35?,37?,38?,39-,40?,42?,43-,44?,45?,46?,52?/m1/s1. The van der Waals surface area contributed by atoms with Crippen molar-refractivity contribution in [2.75, 3.05) is 18.1 Å². The molecule has 1 aromatic rings. The molecule has 1 saturated heterocycles. The summed E-state index contributed by atoms with van der Waals surface area (Å²) >= 11 is 0. The van der Waals surface area contributed by atoms with Gasteiger partial charge in [-0.3, -0.25) is 9.00 Å². The Morgan fingerprint density at radius 1 is 0.885 bits per heavy atom. The first kappa shape index (κ1) is 37.2. The number of aliphatic hydroxyl groups is 1. The van der Waals surface area contributed by atoms with E-state index < -0.39 is 16.4 Å². The molecule has 0 aromatic heterocycles. The van der Waals surface area contributed by atoms with Crippen LogP contribution < -0.4 is 5.32 Å². The van der Waals surface area contributed by atoms with Gasteiger partial charge in [-0.1, -0.05) is 76.6 Å². The first-order valence-corrected chi connectivity index (χ1v) is 22.8. The van der Waals surface area contributed by atoms with E-state index in [4.69, 9.17) is 4.74 Å². The molecule has 6 aliphatic carbocycles. The van der Waals surface area contributed by atoms with Crippen LogP contribution in [0, 0.1) is 51.8 Å². The molecule has 286 valence electrons. The quantitative estimate of drug-likeness (QED) is 0.261. The second-order valence-electron chi connectivity index (χ2n) is 19.6. The van der Waals surface area contributed by atoms with Gasteiger partial charge < -0.3 is 15.2 Å². The summed E-state index contributed by atoms with van der Waals surface area (Å²) in [6, 6.07) is 10.0. The molecule has 7 aliphatic rings. The van der Waals surface area contributed by atoms with Crippen molar-refractivity contribution in [3.63, 3.8) is 0 Å². The molecule has 1 aliphatic heterocycles. The highest BCUT2D eigenvalue weighted by atomic mass is 32.2. The van der Waals surface area contributed by atoms with Crippen LogP contribution in [0.15, 0.2) is 53.6 Å². The van der Waals surface area contributed by atoms with Crippen LogP contribution in [0.1, 0.15) is 136 Å². The number of carbonyl (C=O) groups is 1. The molecule has 4 saturated carbocycles. The van der Waals surface area contributed by atoms with E-state index in [9.17, 15) is 14.1 Å². The Labute approximate surface area is 317 Å². The first-order valence-electron chi connectivity index (χ1n) is 21.3. The predicted octanol–water partition coefficient (Wildman–Crippen LogP) is 9.46. The van der Waals surface area contributed by atoms with E-state index >= 15 is 0 Å². The summed E-state index contributed by atoms with van der Waals surface area (Å²) in [4.78, 5) is 13.0. The van der Waals surface area contributed by atoms with Gasteiger partial charge in [0.2, 0.25) is 0 Å². The molecule has 8 rings (SSSR count). The van der Waals surface area contributed by atoms with Gasteiger partial charge in [-0.05, 0) is 165 Å². The maximum absolute atomic E-state index is 13.0. The van der Waals surface area contributed by atoms with Crippen molar-refractivity contribution in [1.29, 1.82) is 0 Å². The number of ether oxygens (including phenoxy) is 1. The molecule has 8 unspecified atom stereocenters. The van der Waals surface area contributed by atoms with Crippen LogP contribution in [0.4, 0.5) is 0 Å². The fourth-order valence-electron chi connectivity index (χ4n) is 14.3. The number of benzene rings is 1. The highest BCUT2D eigenvalue weighted by Gasteiger charge is 2.68. The van der Waals surface area contributed by atoms with Crippen molar-refractivity contribution < 1.29 is 18.8 Å². The third-order valence-electron chi connectivity index (χ3n) is 17.6. The third-order valence-corrected chi connectivity index (χ3v) is 18.9. The largest absolute Gasteiger partial charge is 0.461 e. The molecule has 5 nitrogen and oxygen atoms in total. The van der Waals surface area contributed by atoms with Gasteiger partial charge in [-0.25, -0.2) is 0 Å². The van der Waals surface area contributed by atoms with E-state index in [1.807, 2.05) is 30.3 Å². The minimum atomic E-state index is -0.739. The summed E-state index contributed by atoms with van der Waals surface area (Å²) < 4.78 is 17.7. The van der Waals surface area contributed by atoms with E-state index in [-0.39, 0.29) is 17.4 Å². The fourth-order valence-corrected chi connectivity index (χ4v) is 15.7. The van der Waals surface area contributed by atoms with Crippen molar-refractivity contribution in [1.82, 2.24) is 5.32 Å². The van der Waals surface area contributed by atoms with Crippen molar-refractivity contribution >= 4 is 16.8 Å². The van der Waals surface area contributed by atoms with Crippen molar-refractivity contribution in [2.24, 2.45) is 51.8 Å². The molecule has 0 bridgehead atoms. The number of nitrogens with one attached hydrogen (secondary N) is 1. The Bertz CT molecular complexity index is 1580. The van der Waals surface area contributed by atoms with E-state index in [0.29, 0.717) is 53.1 Å². The van der Waals surface area contributed by atoms with Crippen molar-refractivity contribution in [3.8, 4) is 0 Å². The topological polar surface area (TPSA) is 75.6 Å². The molecular weight excluding hydrogens is 663 g/mol. The monoisotopic (exact) mass is 729 g/mol. The summed E-state index contributed by atoms with van der Waals surface area (Å²) in [7, 11) is -0.739. The van der Waals surface area contributed by atoms with Crippen LogP contribution >= 0.6 is 0 Å². The van der Waals surface area contributed by atoms with Gasteiger partial charge in [0.1, 0.15) is 6.61 Å². The molecule has 1 heterocycles. The van der Waals surface area contributed by atoms with E-state index in [1.165, 1.54) is 69.8 Å². The summed E-state index contributed by atoms with van der Waals surface area (Å²) in [5.41, 5.74) is 4.83. The van der Waals surface area contributed by atoms with Gasteiger partial charge in [0.15, 0.2) is 0 Å². The molecule has 10 atom stereocenters. The Morgan fingerprint density at radius 3 is 2.42 bits per heavy atom. The molecule has 0 spiro atoms. The first-order chi connectivity index (χ1) is 24.9. The zero-order valence-electron chi connectivity index (χ0n) is 32.7. The summed E-state index contributed by atoms with van der Waals surface area (Å²) in [6.45, 7) is 12.0. The number of hydrogen-bond donors (Lipinski definition) is 2. The summed E-state index contributed by atoms with van der Waals surface area (Å²) in [6.07, 6.45) is 23.2. The van der Waals surface area contributed by atoms with E-state index in [0.717, 1.165) is 61.5 Å². The van der Waals surface area contributed by atoms with Crippen LogP contribution in [-0.4, -0.2) is 44.5 Å². The lowest BCUT2D eigenvalue weighted by Crippen LogP contribution is -2.67. The fraction of sp³-hybridized carbons (Fsp3) is 0.761. The highest BCUT2D eigenvalue weighted by molar-refractivity contribution is 7.85. The van der Waals surface area contributed by atoms with Gasteiger partial charge >= 0.3 is 5.97 Å². The Hall–Kier alpha value is -1.76. The van der Waals surface area contributed by atoms with Gasteiger partial charge in [0, 0.05) is 27.8 Å². The molecule has 2 N–H and O–H groups in total. The number of carbonyl (C=O) groups excluding carboxylic acids is 1. The second kappa shape index (κ2) is 14.1. The summed E-state index contributed by atoms with van der Waals surface area (Å²) in [5, 5.41) is 15.4. The lowest BCUT2D eigenvalue weighted by Gasteiger charge is -2.71. The average Bonchev–Trinajstić information content (AvgIpc) is 3.57. The molecule has 52 heavy (non-hydrogen) atoms.